The molecular formula is C16H18O3S2. The summed E-state index contributed by atoms with van der Waals surface area (Å²) in [5, 5.41) is 31.0. The minimum atomic E-state index is -0.0694. The van der Waals surface area contributed by atoms with Crippen LogP contribution in [0.15, 0.2) is 24.3 Å². The first-order valence-electron chi connectivity index (χ1n) is 6.87. The van der Waals surface area contributed by atoms with Crippen LogP contribution in [0.5, 0.6) is 17.2 Å². The van der Waals surface area contributed by atoms with Crippen LogP contribution in [0.3, 0.4) is 0 Å². The lowest BCUT2D eigenvalue weighted by Crippen LogP contribution is -1.99. The van der Waals surface area contributed by atoms with Crippen LogP contribution in [0.2, 0.25) is 0 Å². The maximum Gasteiger partial charge on any atom is 0.135 e. The van der Waals surface area contributed by atoms with Crippen LogP contribution in [0.1, 0.15) is 31.2 Å². The van der Waals surface area contributed by atoms with Gasteiger partial charge < -0.3 is 15.3 Å². The molecule has 0 saturated heterocycles. The fourth-order valence-electron chi connectivity index (χ4n) is 2.34. The molecule has 5 heteroatoms. The van der Waals surface area contributed by atoms with E-state index in [1.54, 1.807) is 12.1 Å². The van der Waals surface area contributed by atoms with Gasteiger partial charge in [-0.05, 0) is 37.1 Å². The molecule has 0 aliphatic heterocycles. The zero-order valence-electron chi connectivity index (χ0n) is 11.5. The van der Waals surface area contributed by atoms with Crippen LogP contribution in [0.25, 0.3) is 10.8 Å². The molecule has 0 heterocycles. The molecule has 2 rings (SSSR count). The van der Waals surface area contributed by atoms with Crippen molar-refractivity contribution in [3.63, 3.8) is 0 Å². The first-order valence-corrected chi connectivity index (χ1v) is 7.91. The summed E-state index contributed by atoms with van der Waals surface area (Å²) in [4.78, 5) is 0.590. The van der Waals surface area contributed by atoms with Gasteiger partial charge in [-0.3, -0.25) is 0 Å². The summed E-state index contributed by atoms with van der Waals surface area (Å²) in [6.45, 7) is 0. The van der Waals surface area contributed by atoms with E-state index in [-0.39, 0.29) is 22.6 Å². The lowest BCUT2D eigenvalue weighted by Gasteiger charge is -2.12. The molecule has 2 aromatic rings. The Kier molecular flexibility index (Phi) is 5.31. The van der Waals surface area contributed by atoms with E-state index in [1.807, 2.05) is 0 Å². The Labute approximate surface area is 134 Å². The summed E-state index contributed by atoms with van der Waals surface area (Å²) in [6, 6.07) is 6.20. The molecule has 21 heavy (non-hydrogen) atoms. The number of thiocarbonyl (C=S) groups is 1. The Hall–Kier alpha value is -1.46. The quantitative estimate of drug-likeness (QED) is 0.212. The van der Waals surface area contributed by atoms with Gasteiger partial charge in [-0.2, -0.15) is 12.6 Å². The van der Waals surface area contributed by atoms with Gasteiger partial charge in [0.25, 0.3) is 0 Å². The number of phenolic OH excluding ortho intramolecular Hbond substituents is 3. The SMILES string of the molecule is Oc1cc(C(=S)CCCCCS)c(O)c2c(O)cccc12. The predicted molar refractivity (Wildman–Crippen MR) is 93.0 cm³/mol. The van der Waals surface area contributed by atoms with Crippen molar-refractivity contribution in [2.24, 2.45) is 0 Å². The monoisotopic (exact) mass is 322 g/mol. The van der Waals surface area contributed by atoms with Gasteiger partial charge in [0.2, 0.25) is 0 Å². The van der Waals surface area contributed by atoms with Crippen molar-refractivity contribution in [3.8, 4) is 17.2 Å². The van der Waals surface area contributed by atoms with Gasteiger partial charge in [-0.1, -0.05) is 30.8 Å². The molecule has 3 N–H and O–H groups in total. The molecule has 3 nitrogen and oxygen atoms in total. The van der Waals surface area contributed by atoms with Crippen molar-refractivity contribution in [1.29, 1.82) is 0 Å². The van der Waals surface area contributed by atoms with Crippen molar-refractivity contribution < 1.29 is 15.3 Å². The van der Waals surface area contributed by atoms with Gasteiger partial charge in [0.1, 0.15) is 17.2 Å². The van der Waals surface area contributed by atoms with Crippen molar-refractivity contribution in [2.75, 3.05) is 5.75 Å². The van der Waals surface area contributed by atoms with E-state index >= 15 is 0 Å². The largest absolute Gasteiger partial charge is 0.507 e. The van der Waals surface area contributed by atoms with Gasteiger partial charge in [-0.15, -0.1) is 0 Å². The highest BCUT2D eigenvalue weighted by atomic mass is 32.1. The predicted octanol–water partition coefficient (Wildman–Crippen LogP) is 4.16. The molecule has 0 aliphatic rings. The van der Waals surface area contributed by atoms with Gasteiger partial charge in [0, 0.05) is 15.8 Å². The maximum atomic E-state index is 10.4. The lowest BCUT2D eigenvalue weighted by molar-refractivity contribution is 0.457. The molecule has 0 unspecified atom stereocenters. The first kappa shape index (κ1) is 15.9. The average Bonchev–Trinajstić information content (AvgIpc) is 2.47. The van der Waals surface area contributed by atoms with Crippen LogP contribution >= 0.6 is 24.8 Å². The number of unbranched alkanes of at least 4 members (excludes halogenated alkanes) is 2. The van der Waals surface area contributed by atoms with E-state index in [2.05, 4.69) is 12.6 Å². The number of rotatable bonds is 6. The lowest BCUT2D eigenvalue weighted by atomic mass is 9.99. The summed E-state index contributed by atoms with van der Waals surface area (Å²) in [7, 11) is 0. The van der Waals surface area contributed by atoms with E-state index in [4.69, 9.17) is 12.2 Å². The normalized spacial score (nSPS) is 10.9. The van der Waals surface area contributed by atoms with Crippen LogP contribution < -0.4 is 0 Å². The van der Waals surface area contributed by atoms with E-state index in [0.717, 1.165) is 25.0 Å². The number of fused-ring (bicyclic) bond motifs is 1. The highest BCUT2D eigenvalue weighted by Crippen LogP contribution is 2.40. The van der Waals surface area contributed by atoms with Crippen LogP contribution in [-0.4, -0.2) is 25.9 Å². The summed E-state index contributed by atoms with van der Waals surface area (Å²) in [5.74, 6) is 0.717. The third-order valence-electron chi connectivity index (χ3n) is 3.45. The molecule has 0 aromatic heterocycles. The van der Waals surface area contributed by atoms with Crippen molar-refractivity contribution in [1.82, 2.24) is 0 Å². The number of hydrogen-bond donors (Lipinski definition) is 4. The summed E-state index contributed by atoms with van der Waals surface area (Å²) in [6.07, 6.45) is 3.63. The van der Waals surface area contributed by atoms with Gasteiger partial charge in [-0.25, -0.2) is 0 Å². The van der Waals surface area contributed by atoms with Gasteiger partial charge in [0.05, 0.1) is 5.39 Å². The van der Waals surface area contributed by atoms with Crippen LogP contribution in [0, 0.1) is 0 Å². The molecule has 0 spiro atoms. The van der Waals surface area contributed by atoms with Crippen molar-refractivity contribution in [3.05, 3.63) is 29.8 Å². The Morgan fingerprint density at radius 2 is 1.81 bits per heavy atom. The fraction of sp³-hybridized carbons (Fsp3) is 0.312. The number of benzene rings is 2. The number of aromatic hydroxyl groups is 3. The average molecular weight is 322 g/mol. The fourth-order valence-corrected chi connectivity index (χ4v) is 2.86. The van der Waals surface area contributed by atoms with Gasteiger partial charge >= 0.3 is 0 Å². The Morgan fingerprint density at radius 3 is 2.52 bits per heavy atom. The molecule has 112 valence electrons. The highest BCUT2D eigenvalue weighted by Gasteiger charge is 2.16. The molecule has 0 atom stereocenters. The first-order chi connectivity index (χ1) is 10.1. The number of phenols is 3. The molecule has 0 radical (unpaired) electrons. The number of hydrogen-bond acceptors (Lipinski definition) is 5. The zero-order valence-corrected chi connectivity index (χ0v) is 13.3. The van der Waals surface area contributed by atoms with Crippen LogP contribution in [0.4, 0.5) is 0 Å². The Balaban J connectivity index is 2.34. The smallest absolute Gasteiger partial charge is 0.135 e. The highest BCUT2D eigenvalue weighted by molar-refractivity contribution is 7.80. The molecule has 0 saturated carbocycles. The Bertz CT molecular complexity index is 668. The second-order valence-electron chi connectivity index (χ2n) is 4.95. The standard InChI is InChI=1S/C16H18O3S2/c17-12-6-4-5-10-13(18)9-11(16(19)15(10)12)14(21)7-2-1-3-8-20/h4-6,9,17-20H,1-3,7-8H2. The molecule has 0 amide bonds. The third-order valence-corrected chi connectivity index (χ3v) is 4.19. The topological polar surface area (TPSA) is 60.7 Å². The van der Waals surface area contributed by atoms with E-state index < -0.39 is 0 Å². The second kappa shape index (κ2) is 7.00. The minimum Gasteiger partial charge on any atom is -0.507 e. The maximum absolute atomic E-state index is 10.4. The van der Waals surface area contributed by atoms with Crippen LogP contribution in [-0.2, 0) is 0 Å². The molecular weight excluding hydrogens is 304 g/mol. The van der Waals surface area contributed by atoms with Crippen molar-refractivity contribution in [2.45, 2.75) is 25.7 Å². The molecule has 0 bridgehead atoms. The number of thiol groups is 1. The van der Waals surface area contributed by atoms with E-state index in [9.17, 15) is 15.3 Å². The van der Waals surface area contributed by atoms with Gasteiger partial charge in [0.15, 0.2) is 0 Å². The molecule has 0 aliphatic carbocycles. The third kappa shape index (κ3) is 3.41. The Morgan fingerprint density at radius 1 is 1.05 bits per heavy atom. The summed E-state index contributed by atoms with van der Waals surface area (Å²) < 4.78 is 0. The van der Waals surface area contributed by atoms with Crippen molar-refractivity contribution >= 4 is 40.5 Å². The minimum absolute atomic E-state index is 0.00593. The van der Waals surface area contributed by atoms with E-state index in [0.29, 0.717) is 22.2 Å². The second-order valence-corrected chi connectivity index (χ2v) is 5.89. The summed E-state index contributed by atoms with van der Waals surface area (Å²) >= 11 is 9.51. The molecule has 0 fully saturated rings. The zero-order chi connectivity index (χ0) is 15.4. The molecule has 2 aromatic carbocycles. The van der Waals surface area contributed by atoms with E-state index in [1.165, 1.54) is 12.1 Å². The summed E-state index contributed by atoms with van der Waals surface area (Å²) in [5.41, 5.74) is 0.419.